The third kappa shape index (κ3) is 3.76. The van der Waals surface area contributed by atoms with Crippen LogP contribution in [0.2, 0.25) is 0 Å². The topological polar surface area (TPSA) is 58.2 Å². The number of para-hydroxylation sites is 1. The van der Waals surface area contributed by atoms with Gasteiger partial charge in [0.1, 0.15) is 22.7 Å². The number of alkyl halides is 3. The molecule has 1 aliphatic carbocycles. The largest absolute Gasteiger partial charge is 0.416 e. The Morgan fingerprint density at radius 1 is 0.852 bits per heavy atom. The van der Waals surface area contributed by atoms with Crippen molar-refractivity contribution in [2.24, 2.45) is 5.41 Å². The molecule has 0 spiro atoms. The molecule has 0 radical (unpaired) electrons. The third-order valence-electron chi connectivity index (χ3n) is 4.29. The zero-order valence-electron chi connectivity index (χ0n) is 13.7. The molecule has 142 valence electrons. The Kier molecular flexibility index (Phi) is 4.63. The number of hydrogen-bond donors (Lipinski definition) is 2. The van der Waals surface area contributed by atoms with E-state index in [2.05, 4.69) is 10.6 Å². The zero-order chi connectivity index (χ0) is 19.8. The van der Waals surface area contributed by atoms with E-state index < -0.39 is 46.3 Å². The number of hydrogen-bond acceptors (Lipinski definition) is 2. The van der Waals surface area contributed by atoms with Crippen LogP contribution in [0.5, 0.6) is 0 Å². The van der Waals surface area contributed by atoms with Gasteiger partial charge in [0.2, 0.25) is 11.8 Å². The molecule has 0 heterocycles. The second-order valence-corrected chi connectivity index (χ2v) is 6.16. The maximum Gasteiger partial charge on any atom is 0.416 e. The normalized spacial score (nSPS) is 15.1. The first-order chi connectivity index (χ1) is 12.6. The minimum absolute atomic E-state index is 0.0733. The molecule has 4 nitrogen and oxygen atoms in total. The molecule has 2 aromatic carbocycles. The van der Waals surface area contributed by atoms with Crippen LogP contribution in [0.4, 0.5) is 33.3 Å². The molecule has 2 N–H and O–H groups in total. The van der Waals surface area contributed by atoms with E-state index in [4.69, 9.17) is 0 Å². The fraction of sp³-hybridized carbons (Fsp3) is 0.222. The SMILES string of the molecule is O=C(Nc1ccc(C(F)(F)F)cc1)C1(C(=O)Nc2c(F)cccc2F)CC1. The first-order valence-corrected chi connectivity index (χ1v) is 7.88. The van der Waals surface area contributed by atoms with Crippen LogP contribution in [-0.2, 0) is 15.8 Å². The first kappa shape index (κ1) is 18.8. The summed E-state index contributed by atoms with van der Waals surface area (Å²) in [4.78, 5) is 24.8. The highest BCUT2D eigenvalue weighted by molar-refractivity contribution is 6.16. The van der Waals surface area contributed by atoms with Crippen molar-refractivity contribution in [1.82, 2.24) is 0 Å². The number of halogens is 5. The van der Waals surface area contributed by atoms with Crippen molar-refractivity contribution in [1.29, 1.82) is 0 Å². The van der Waals surface area contributed by atoms with Gasteiger partial charge in [-0.2, -0.15) is 13.2 Å². The molecule has 0 saturated heterocycles. The van der Waals surface area contributed by atoms with Crippen LogP contribution in [0, 0.1) is 17.0 Å². The zero-order valence-corrected chi connectivity index (χ0v) is 13.7. The molecule has 0 aliphatic heterocycles. The summed E-state index contributed by atoms with van der Waals surface area (Å²) >= 11 is 0. The fourth-order valence-corrected chi connectivity index (χ4v) is 2.53. The molecular weight excluding hydrogens is 371 g/mol. The van der Waals surface area contributed by atoms with E-state index in [9.17, 15) is 31.5 Å². The number of carbonyl (C=O) groups is 2. The van der Waals surface area contributed by atoms with Crippen LogP contribution in [0.1, 0.15) is 18.4 Å². The average Bonchev–Trinajstić information content (AvgIpc) is 3.40. The molecule has 3 rings (SSSR count). The molecule has 0 bridgehead atoms. The highest BCUT2D eigenvalue weighted by Crippen LogP contribution is 2.47. The van der Waals surface area contributed by atoms with E-state index >= 15 is 0 Å². The van der Waals surface area contributed by atoms with Crippen molar-refractivity contribution in [2.45, 2.75) is 19.0 Å². The van der Waals surface area contributed by atoms with Gasteiger partial charge in [-0.3, -0.25) is 9.59 Å². The molecule has 0 atom stereocenters. The Balaban J connectivity index is 1.72. The van der Waals surface area contributed by atoms with Crippen molar-refractivity contribution in [3.05, 3.63) is 59.7 Å². The number of benzene rings is 2. The van der Waals surface area contributed by atoms with Crippen LogP contribution in [0.25, 0.3) is 0 Å². The van der Waals surface area contributed by atoms with Gasteiger partial charge < -0.3 is 10.6 Å². The lowest BCUT2D eigenvalue weighted by molar-refractivity contribution is -0.137. The van der Waals surface area contributed by atoms with Crippen LogP contribution in [-0.4, -0.2) is 11.8 Å². The lowest BCUT2D eigenvalue weighted by Gasteiger charge is -2.16. The summed E-state index contributed by atoms with van der Waals surface area (Å²) in [6, 6.07) is 6.76. The molecule has 2 aromatic rings. The van der Waals surface area contributed by atoms with E-state index in [1.807, 2.05) is 0 Å². The summed E-state index contributed by atoms with van der Waals surface area (Å²) in [6.07, 6.45) is -4.20. The van der Waals surface area contributed by atoms with Gasteiger partial charge in [-0.15, -0.1) is 0 Å². The molecule has 2 amide bonds. The van der Waals surface area contributed by atoms with Crippen molar-refractivity contribution < 1.29 is 31.5 Å². The predicted octanol–water partition coefficient (Wildman–Crippen LogP) is 4.34. The van der Waals surface area contributed by atoms with Crippen LogP contribution in [0.3, 0.4) is 0 Å². The fourth-order valence-electron chi connectivity index (χ4n) is 2.53. The summed E-state index contributed by atoms with van der Waals surface area (Å²) in [5.74, 6) is -3.60. The summed E-state index contributed by atoms with van der Waals surface area (Å²) in [5, 5.41) is 4.44. The van der Waals surface area contributed by atoms with Crippen LogP contribution >= 0.6 is 0 Å². The number of anilines is 2. The van der Waals surface area contributed by atoms with Crippen molar-refractivity contribution in [3.63, 3.8) is 0 Å². The van der Waals surface area contributed by atoms with Gasteiger partial charge in [0.25, 0.3) is 0 Å². The Bertz CT molecular complexity index is 869. The van der Waals surface area contributed by atoms with Gasteiger partial charge in [-0.05, 0) is 49.2 Å². The molecule has 9 heteroatoms. The van der Waals surface area contributed by atoms with Crippen molar-refractivity contribution in [3.8, 4) is 0 Å². The maximum absolute atomic E-state index is 13.7. The summed E-state index contributed by atoms with van der Waals surface area (Å²) < 4.78 is 65.0. The number of amides is 2. The Morgan fingerprint density at radius 2 is 1.37 bits per heavy atom. The molecule has 27 heavy (non-hydrogen) atoms. The molecule has 1 saturated carbocycles. The first-order valence-electron chi connectivity index (χ1n) is 7.88. The minimum atomic E-state index is -4.51. The predicted molar refractivity (Wildman–Crippen MR) is 86.7 cm³/mol. The van der Waals surface area contributed by atoms with E-state index in [1.54, 1.807) is 0 Å². The Morgan fingerprint density at radius 3 is 1.85 bits per heavy atom. The minimum Gasteiger partial charge on any atom is -0.325 e. The average molecular weight is 384 g/mol. The lowest BCUT2D eigenvalue weighted by atomic mass is 10.0. The van der Waals surface area contributed by atoms with E-state index in [1.165, 1.54) is 0 Å². The molecule has 1 aliphatic rings. The summed E-state index contributed by atoms with van der Waals surface area (Å²) in [7, 11) is 0. The van der Waals surface area contributed by atoms with Gasteiger partial charge in [0.05, 0.1) is 5.56 Å². The smallest absolute Gasteiger partial charge is 0.325 e. The van der Waals surface area contributed by atoms with Gasteiger partial charge in [-0.25, -0.2) is 8.78 Å². The van der Waals surface area contributed by atoms with E-state index in [0.717, 1.165) is 42.5 Å². The van der Waals surface area contributed by atoms with Gasteiger partial charge in [0.15, 0.2) is 0 Å². The standard InChI is InChI=1S/C18H13F5N2O2/c19-12-2-1-3-13(20)14(12)25-16(27)17(8-9-17)15(26)24-11-6-4-10(5-7-11)18(21,22)23/h1-7H,8-9H2,(H,24,26)(H,25,27). The summed E-state index contributed by atoms with van der Waals surface area (Å²) in [6.45, 7) is 0. The molecule has 0 unspecified atom stereocenters. The van der Waals surface area contributed by atoms with Crippen LogP contribution in [0.15, 0.2) is 42.5 Å². The third-order valence-corrected chi connectivity index (χ3v) is 4.29. The highest BCUT2D eigenvalue weighted by atomic mass is 19.4. The Hall–Kier alpha value is -2.97. The van der Waals surface area contributed by atoms with E-state index in [-0.39, 0.29) is 18.5 Å². The summed E-state index contributed by atoms with van der Waals surface area (Å²) in [5.41, 5.74) is -2.98. The second kappa shape index (κ2) is 6.64. The van der Waals surface area contributed by atoms with E-state index in [0.29, 0.717) is 0 Å². The van der Waals surface area contributed by atoms with Gasteiger partial charge >= 0.3 is 6.18 Å². The van der Waals surface area contributed by atoms with Gasteiger partial charge in [0, 0.05) is 5.69 Å². The second-order valence-electron chi connectivity index (χ2n) is 6.16. The molecule has 1 fully saturated rings. The lowest BCUT2D eigenvalue weighted by Crippen LogP contribution is -2.36. The van der Waals surface area contributed by atoms with Gasteiger partial charge in [-0.1, -0.05) is 6.07 Å². The highest BCUT2D eigenvalue weighted by Gasteiger charge is 2.56. The monoisotopic (exact) mass is 384 g/mol. The molecule has 0 aromatic heterocycles. The quantitative estimate of drug-likeness (QED) is 0.609. The molecular formula is C18H13F5N2O2. The van der Waals surface area contributed by atoms with Crippen molar-refractivity contribution in [2.75, 3.05) is 10.6 Å². The maximum atomic E-state index is 13.7. The van der Waals surface area contributed by atoms with Crippen molar-refractivity contribution >= 4 is 23.2 Å². The number of carbonyl (C=O) groups excluding carboxylic acids is 2. The number of nitrogens with one attached hydrogen (secondary N) is 2. The number of rotatable bonds is 4. The Labute approximate surface area is 150 Å². The van der Waals surface area contributed by atoms with Crippen LogP contribution < -0.4 is 10.6 Å².